The Morgan fingerprint density at radius 2 is 2.03 bits per heavy atom. The number of rotatable bonds is 6. The lowest BCUT2D eigenvalue weighted by Gasteiger charge is -2.53. The normalized spacial score (nSPS) is 29.1. The number of aromatic nitrogens is 2. The first-order chi connectivity index (χ1) is 14.4. The quantitative estimate of drug-likeness (QED) is 0.425. The molecule has 1 saturated carbocycles. The van der Waals surface area contributed by atoms with Crippen LogP contribution < -0.4 is 10.6 Å². The molecule has 1 aromatic heterocycles. The highest BCUT2D eigenvalue weighted by molar-refractivity contribution is 8.01. The Morgan fingerprint density at radius 3 is 2.70 bits per heavy atom. The molecule has 0 spiro atoms. The number of β-lactam (4-membered cyclic amide) rings is 1. The Morgan fingerprint density at radius 1 is 1.27 bits per heavy atom. The maximum Gasteiger partial charge on any atom is 0.315 e. The van der Waals surface area contributed by atoms with Crippen LogP contribution in [0.4, 0.5) is 4.79 Å². The molecule has 0 aromatic carbocycles. The third-order valence-corrected chi connectivity index (χ3v) is 9.65. The Balaban J connectivity index is 1.33. The number of nitrogens with zero attached hydrogens (tertiary/aromatic N) is 3. The summed E-state index contributed by atoms with van der Waals surface area (Å²) in [6, 6.07) is -0.730. The van der Waals surface area contributed by atoms with Gasteiger partial charge < -0.3 is 20.6 Å². The van der Waals surface area contributed by atoms with E-state index in [1.165, 1.54) is 41.3 Å². The number of hydrogen-bond acceptors (Lipinski definition) is 8. The number of nitrogens with one attached hydrogen (secondary N) is 2. The molecule has 1 aliphatic carbocycles. The lowest BCUT2D eigenvalue weighted by Crippen LogP contribution is -2.74. The molecule has 164 valence electrons. The second-order valence-electron chi connectivity index (χ2n) is 8.06. The molecule has 3 amide bonds. The number of aliphatic carboxylic acids is 1. The number of carboxylic acids is 1. The van der Waals surface area contributed by atoms with Gasteiger partial charge in [-0.25, -0.2) is 4.79 Å². The van der Waals surface area contributed by atoms with Crippen molar-refractivity contribution in [3.8, 4) is 0 Å². The van der Waals surface area contributed by atoms with Crippen LogP contribution in [0.25, 0.3) is 0 Å². The van der Waals surface area contributed by atoms with Gasteiger partial charge in [-0.3, -0.25) is 9.59 Å². The third kappa shape index (κ3) is 4.40. The lowest BCUT2D eigenvalue weighted by molar-refractivity contribution is -0.156. The highest BCUT2D eigenvalue weighted by Crippen LogP contribution is 2.44. The van der Waals surface area contributed by atoms with Crippen molar-refractivity contribution in [1.29, 1.82) is 0 Å². The second kappa shape index (κ2) is 8.91. The number of urea groups is 1. The molecule has 3 atom stereocenters. The van der Waals surface area contributed by atoms with E-state index in [9.17, 15) is 19.5 Å². The summed E-state index contributed by atoms with van der Waals surface area (Å²) in [6.45, 7) is 2.00. The summed E-state index contributed by atoms with van der Waals surface area (Å²) in [5.41, 5.74) is -1.05. The van der Waals surface area contributed by atoms with Gasteiger partial charge in [0.15, 0.2) is 4.34 Å². The van der Waals surface area contributed by atoms with Gasteiger partial charge in [-0.1, -0.05) is 42.4 Å². The number of amides is 3. The first-order valence-corrected chi connectivity index (χ1v) is 12.9. The zero-order valence-corrected chi connectivity index (χ0v) is 19.1. The highest BCUT2D eigenvalue weighted by Gasteiger charge is 2.57. The monoisotopic (exact) mass is 471 g/mol. The van der Waals surface area contributed by atoms with Crippen molar-refractivity contribution in [2.45, 2.75) is 60.8 Å². The van der Waals surface area contributed by atoms with Gasteiger partial charge in [-0.05, 0) is 19.8 Å². The number of carbonyl (C=O) groups excluding carboxylic acids is 2. The molecule has 2 aliphatic heterocycles. The summed E-state index contributed by atoms with van der Waals surface area (Å²) in [5.74, 6) is -0.431. The van der Waals surface area contributed by atoms with Crippen molar-refractivity contribution in [3.63, 3.8) is 0 Å². The Bertz CT molecular complexity index is 830. The Labute approximate surface area is 187 Å². The van der Waals surface area contributed by atoms with Crippen LogP contribution >= 0.6 is 34.9 Å². The SMILES string of the molecule is Cc1nnc(SCC2(C(=O)O)CS[C@@H]3C(NC(=O)NC4CCCCC4)C(=O)N3C2)s1. The number of fused-ring (bicyclic) bond motifs is 1. The minimum atomic E-state index is -1.05. The van der Waals surface area contributed by atoms with Crippen LogP contribution in [0.3, 0.4) is 0 Å². The largest absolute Gasteiger partial charge is 0.481 e. The van der Waals surface area contributed by atoms with Crippen LogP contribution in [-0.2, 0) is 9.59 Å². The van der Waals surface area contributed by atoms with E-state index in [1.807, 2.05) is 6.92 Å². The molecule has 12 heteroatoms. The predicted octanol–water partition coefficient (Wildman–Crippen LogP) is 1.93. The minimum absolute atomic E-state index is 0.145. The van der Waals surface area contributed by atoms with Gasteiger partial charge in [0.05, 0.1) is 0 Å². The van der Waals surface area contributed by atoms with Gasteiger partial charge in [-0.2, -0.15) is 0 Å². The van der Waals surface area contributed by atoms with Crippen LogP contribution in [0.5, 0.6) is 0 Å². The maximum absolute atomic E-state index is 12.7. The topological polar surface area (TPSA) is 125 Å². The van der Waals surface area contributed by atoms with Crippen molar-refractivity contribution < 1.29 is 19.5 Å². The van der Waals surface area contributed by atoms with Crippen molar-refractivity contribution in [3.05, 3.63) is 5.01 Å². The standard InChI is InChI=1S/C18H25N5O4S3/c1-10-21-22-17(30-10)29-9-18(15(25)26)7-23-13(24)12(14(23)28-8-18)20-16(27)19-11-5-3-2-4-6-11/h11-12,14H,2-9H2,1H3,(H,25,26)(H2,19,20,27)/t12?,14-,18?/m1/s1. The fourth-order valence-corrected chi connectivity index (χ4v) is 7.73. The van der Waals surface area contributed by atoms with Crippen LogP contribution in [0.2, 0.25) is 0 Å². The van der Waals surface area contributed by atoms with E-state index in [-0.39, 0.29) is 29.9 Å². The molecule has 9 nitrogen and oxygen atoms in total. The molecule has 3 N–H and O–H groups in total. The molecule has 3 fully saturated rings. The van der Waals surface area contributed by atoms with E-state index in [1.54, 1.807) is 4.90 Å². The molecular formula is C18H25N5O4S3. The molecular weight excluding hydrogens is 446 g/mol. The van der Waals surface area contributed by atoms with Gasteiger partial charge in [0.1, 0.15) is 21.8 Å². The molecule has 0 bridgehead atoms. The van der Waals surface area contributed by atoms with E-state index >= 15 is 0 Å². The fraction of sp³-hybridized carbons (Fsp3) is 0.722. The summed E-state index contributed by atoms with van der Waals surface area (Å²) < 4.78 is 0.731. The maximum atomic E-state index is 12.7. The summed E-state index contributed by atoms with van der Waals surface area (Å²) in [5, 5.41) is 24.3. The van der Waals surface area contributed by atoms with Crippen molar-refractivity contribution >= 4 is 52.8 Å². The van der Waals surface area contributed by atoms with E-state index in [0.717, 1.165) is 35.0 Å². The molecule has 2 saturated heterocycles. The lowest BCUT2D eigenvalue weighted by atomic mass is 9.89. The van der Waals surface area contributed by atoms with Crippen molar-refractivity contribution in [2.75, 3.05) is 18.1 Å². The first-order valence-electron chi connectivity index (χ1n) is 10.0. The summed E-state index contributed by atoms with van der Waals surface area (Å²) in [7, 11) is 0. The smallest absolute Gasteiger partial charge is 0.315 e. The van der Waals surface area contributed by atoms with Gasteiger partial charge >= 0.3 is 12.0 Å². The predicted molar refractivity (Wildman–Crippen MR) is 116 cm³/mol. The summed E-state index contributed by atoms with van der Waals surface area (Å²) in [6.07, 6.45) is 5.39. The average Bonchev–Trinajstić information content (AvgIpc) is 3.16. The number of thioether (sulfide) groups is 2. The number of carboxylic acid groups (broad SMARTS) is 1. The number of carbonyl (C=O) groups is 3. The average molecular weight is 472 g/mol. The van der Waals surface area contributed by atoms with E-state index in [2.05, 4.69) is 20.8 Å². The summed E-state index contributed by atoms with van der Waals surface area (Å²) in [4.78, 5) is 38.7. The Hall–Kier alpha value is -1.53. The molecule has 1 aromatic rings. The van der Waals surface area contributed by atoms with Crippen LogP contribution in [0.15, 0.2) is 4.34 Å². The molecule has 3 aliphatic rings. The van der Waals surface area contributed by atoms with Gasteiger partial charge in [0.25, 0.3) is 0 Å². The first kappa shape index (κ1) is 21.7. The fourth-order valence-electron chi connectivity index (χ4n) is 4.06. The Kier molecular flexibility index (Phi) is 6.44. The molecule has 0 radical (unpaired) electrons. The van der Waals surface area contributed by atoms with Crippen LogP contribution in [0.1, 0.15) is 37.1 Å². The molecule has 3 heterocycles. The number of hydrogen-bond donors (Lipinski definition) is 3. The van der Waals surface area contributed by atoms with Crippen LogP contribution in [0, 0.1) is 12.3 Å². The van der Waals surface area contributed by atoms with Crippen LogP contribution in [-0.4, -0.2) is 73.6 Å². The highest BCUT2D eigenvalue weighted by atomic mass is 32.2. The molecule has 4 rings (SSSR count). The zero-order chi connectivity index (χ0) is 21.3. The van der Waals surface area contributed by atoms with Gasteiger partial charge in [0.2, 0.25) is 5.91 Å². The van der Waals surface area contributed by atoms with Crippen molar-refractivity contribution in [1.82, 2.24) is 25.7 Å². The van der Waals surface area contributed by atoms with E-state index in [0.29, 0.717) is 11.5 Å². The van der Waals surface area contributed by atoms with Gasteiger partial charge in [0, 0.05) is 24.1 Å². The van der Waals surface area contributed by atoms with Gasteiger partial charge in [-0.15, -0.1) is 22.0 Å². The number of aryl methyl sites for hydroxylation is 1. The summed E-state index contributed by atoms with van der Waals surface area (Å²) >= 11 is 4.22. The minimum Gasteiger partial charge on any atom is -0.481 e. The third-order valence-electron chi connectivity index (χ3n) is 5.80. The molecule has 2 unspecified atom stereocenters. The van der Waals surface area contributed by atoms with E-state index in [4.69, 9.17) is 0 Å². The van der Waals surface area contributed by atoms with E-state index < -0.39 is 17.4 Å². The van der Waals surface area contributed by atoms with Crippen molar-refractivity contribution in [2.24, 2.45) is 5.41 Å². The molecule has 30 heavy (non-hydrogen) atoms. The second-order valence-corrected chi connectivity index (χ2v) is 11.6. The zero-order valence-electron chi connectivity index (χ0n) is 16.6.